The lowest BCUT2D eigenvalue weighted by molar-refractivity contribution is 0.276. The van der Waals surface area contributed by atoms with E-state index in [1.807, 2.05) is 11.8 Å². The molecule has 1 aliphatic heterocycles. The van der Waals surface area contributed by atoms with Gasteiger partial charge >= 0.3 is 0 Å². The smallest absolute Gasteiger partial charge is 0.297 e. The first kappa shape index (κ1) is 10.8. The predicted octanol–water partition coefficient (Wildman–Crippen LogP) is 1.50. The molecule has 0 aliphatic carbocycles. The molecule has 15 heavy (non-hydrogen) atoms. The Kier molecular flexibility index (Phi) is 2.93. The van der Waals surface area contributed by atoms with Crippen molar-refractivity contribution in [1.82, 2.24) is 4.98 Å². The van der Waals surface area contributed by atoms with E-state index in [1.54, 1.807) is 0 Å². The van der Waals surface area contributed by atoms with Gasteiger partial charge in [-0.1, -0.05) is 0 Å². The van der Waals surface area contributed by atoms with Crippen molar-refractivity contribution in [3.05, 3.63) is 12.0 Å². The fourth-order valence-corrected chi connectivity index (χ4v) is 2.81. The summed E-state index contributed by atoms with van der Waals surface area (Å²) >= 11 is 1.97. The van der Waals surface area contributed by atoms with Crippen molar-refractivity contribution < 1.29 is 9.52 Å². The molecule has 1 fully saturated rings. The Morgan fingerprint density at radius 2 is 2.47 bits per heavy atom. The molecule has 0 atom stereocenters. The first-order valence-corrected chi connectivity index (χ1v) is 6.03. The van der Waals surface area contributed by atoms with E-state index in [4.69, 9.17) is 9.52 Å². The van der Waals surface area contributed by atoms with Crippen LogP contribution in [-0.2, 0) is 6.61 Å². The van der Waals surface area contributed by atoms with E-state index in [0.29, 0.717) is 11.7 Å². The van der Waals surface area contributed by atoms with Gasteiger partial charge in [0, 0.05) is 23.6 Å². The molecule has 1 N–H and O–H groups in total. The molecule has 0 spiro atoms. The fraction of sp³-hybridized carbons (Fsp3) is 0.700. The average molecular weight is 228 g/mol. The van der Waals surface area contributed by atoms with Crippen LogP contribution in [0.1, 0.15) is 19.5 Å². The normalized spacial score (nSPS) is 20.6. The third-order valence-electron chi connectivity index (χ3n) is 2.40. The van der Waals surface area contributed by atoms with E-state index in [2.05, 4.69) is 23.7 Å². The minimum atomic E-state index is -0.0600. The van der Waals surface area contributed by atoms with Crippen LogP contribution in [0.3, 0.4) is 0 Å². The Morgan fingerprint density at radius 1 is 1.67 bits per heavy atom. The van der Waals surface area contributed by atoms with Gasteiger partial charge in [-0.3, -0.25) is 0 Å². The molecule has 0 saturated carbocycles. The lowest BCUT2D eigenvalue weighted by Gasteiger charge is -2.36. The highest BCUT2D eigenvalue weighted by atomic mass is 32.2. The Bertz CT molecular complexity index is 338. The van der Waals surface area contributed by atoms with E-state index in [9.17, 15) is 0 Å². The van der Waals surface area contributed by atoms with Crippen molar-refractivity contribution >= 4 is 17.8 Å². The second kappa shape index (κ2) is 4.06. The Labute approximate surface area is 93.7 Å². The molecule has 0 radical (unpaired) electrons. The Hall–Kier alpha value is -0.680. The van der Waals surface area contributed by atoms with Crippen molar-refractivity contribution in [3.63, 3.8) is 0 Å². The van der Waals surface area contributed by atoms with E-state index in [-0.39, 0.29) is 11.4 Å². The number of aliphatic hydroxyl groups is 1. The van der Waals surface area contributed by atoms with Crippen molar-refractivity contribution in [2.45, 2.75) is 25.2 Å². The average Bonchev–Trinajstić information content (AvgIpc) is 2.64. The summed E-state index contributed by atoms with van der Waals surface area (Å²) in [5.74, 6) is 1.09. The maximum absolute atomic E-state index is 8.91. The van der Waals surface area contributed by atoms with Gasteiger partial charge in [0.15, 0.2) is 0 Å². The molecule has 1 aromatic rings. The summed E-state index contributed by atoms with van der Waals surface area (Å²) < 4.78 is 5.58. The topological polar surface area (TPSA) is 49.5 Å². The lowest BCUT2D eigenvalue weighted by atomic mass is 10.2. The second-order valence-electron chi connectivity index (χ2n) is 4.31. The maximum atomic E-state index is 8.91. The van der Waals surface area contributed by atoms with Crippen LogP contribution >= 0.6 is 11.8 Å². The summed E-state index contributed by atoms with van der Waals surface area (Å²) in [5, 5.41) is 8.91. The minimum Gasteiger partial charge on any atom is -0.432 e. The summed E-state index contributed by atoms with van der Waals surface area (Å²) in [4.78, 5) is 6.35. The first-order valence-electron chi connectivity index (χ1n) is 5.05. The standard InChI is InChI=1S/C10H16N2O2S/c1-10(2)7-12(3-4-15-10)9-11-8(5-13)6-14-9/h6,13H,3-5,7H2,1-2H3. The summed E-state index contributed by atoms with van der Waals surface area (Å²) in [6.07, 6.45) is 1.52. The zero-order valence-corrected chi connectivity index (χ0v) is 9.88. The number of aliphatic hydroxyl groups excluding tert-OH is 1. The SMILES string of the molecule is CC1(C)CN(c2nc(CO)co2)CCS1. The van der Waals surface area contributed by atoms with Crippen LogP contribution < -0.4 is 4.90 Å². The van der Waals surface area contributed by atoms with Crippen LogP contribution in [0.4, 0.5) is 6.01 Å². The molecule has 0 unspecified atom stereocenters. The lowest BCUT2D eigenvalue weighted by Crippen LogP contribution is -2.43. The zero-order chi connectivity index (χ0) is 10.9. The van der Waals surface area contributed by atoms with E-state index < -0.39 is 0 Å². The molecule has 1 aliphatic rings. The molecule has 0 bridgehead atoms. The van der Waals surface area contributed by atoms with Crippen molar-refractivity contribution in [2.75, 3.05) is 23.7 Å². The molecule has 0 amide bonds. The van der Waals surface area contributed by atoms with Gasteiger partial charge in [-0.2, -0.15) is 16.7 Å². The maximum Gasteiger partial charge on any atom is 0.297 e. The molecule has 1 aromatic heterocycles. The number of hydrogen-bond donors (Lipinski definition) is 1. The van der Waals surface area contributed by atoms with Crippen molar-refractivity contribution in [3.8, 4) is 0 Å². The van der Waals surface area contributed by atoms with Crippen LogP contribution in [0.25, 0.3) is 0 Å². The number of thioether (sulfide) groups is 1. The third-order valence-corrected chi connectivity index (χ3v) is 3.70. The van der Waals surface area contributed by atoms with Gasteiger partial charge in [0.1, 0.15) is 12.0 Å². The van der Waals surface area contributed by atoms with Gasteiger partial charge in [-0.25, -0.2) is 0 Å². The highest BCUT2D eigenvalue weighted by Gasteiger charge is 2.29. The summed E-state index contributed by atoms with van der Waals surface area (Å²) in [7, 11) is 0. The van der Waals surface area contributed by atoms with Crippen LogP contribution in [-0.4, -0.2) is 33.7 Å². The van der Waals surface area contributed by atoms with E-state index in [0.717, 1.165) is 18.8 Å². The molecule has 4 nitrogen and oxygen atoms in total. The molecule has 1 saturated heterocycles. The molecule has 84 valence electrons. The third kappa shape index (κ3) is 2.46. The quantitative estimate of drug-likeness (QED) is 0.831. The zero-order valence-electron chi connectivity index (χ0n) is 9.06. The highest BCUT2D eigenvalue weighted by Crippen LogP contribution is 2.31. The minimum absolute atomic E-state index is 0.0600. The van der Waals surface area contributed by atoms with Crippen molar-refractivity contribution in [2.24, 2.45) is 0 Å². The van der Waals surface area contributed by atoms with Crippen LogP contribution in [0.5, 0.6) is 0 Å². The monoisotopic (exact) mass is 228 g/mol. The Morgan fingerprint density at radius 3 is 3.07 bits per heavy atom. The molecule has 5 heteroatoms. The highest BCUT2D eigenvalue weighted by molar-refractivity contribution is 8.00. The number of aromatic nitrogens is 1. The summed E-state index contributed by atoms with van der Waals surface area (Å²) in [5.41, 5.74) is 0.598. The number of hydrogen-bond acceptors (Lipinski definition) is 5. The van der Waals surface area contributed by atoms with Gasteiger partial charge in [0.25, 0.3) is 6.01 Å². The number of anilines is 1. The van der Waals surface area contributed by atoms with Gasteiger partial charge in [-0.15, -0.1) is 0 Å². The summed E-state index contributed by atoms with van der Waals surface area (Å²) in [6.45, 7) is 6.28. The molecule has 2 heterocycles. The van der Waals surface area contributed by atoms with Crippen LogP contribution in [0.15, 0.2) is 10.7 Å². The largest absolute Gasteiger partial charge is 0.432 e. The number of rotatable bonds is 2. The second-order valence-corrected chi connectivity index (χ2v) is 6.11. The van der Waals surface area contributed by atoms with E-state index in [1.165, 1.54) is 6.26 Å². The number of oxazole rings is 1. The van der Waals surface area contributed by atoms with E-state index >= 15 is 0 Å². The Balaban J connectivity index is 2.10. The number of nitrogens with zero attached hydrogens (tertiary/aromatic N) is 2. The molecule has 2 rings (SSSR count). The van der Waals surface area contributed by atoms with Crippen LogP contribution in [0, 0.1) is 0 Å². The van der Waals surface area contributed by atoms with Gasteiger partial charge in [0.05, 0.1) is 6.61 Å². The molecule has 0 aromatic carbocycles. The van der Waals surface area contributed by atoms with Gasteiger partial charge in [0.2, 0.25) is 0 Å². The molecular weight excluding hydrogens is 212 g/mol. The molecular formula is C10H16N2O2S. The van der Waals surface area contributed by atoms with Crippen molar-refractivity contribution in [1.29, 1.82) is 0 Å². The van der Waals surface area contributed by atoms with Gasteiger partial charge in [-0.05, 0) is 13.8 Å². The van der Waals surface area contributed by atoms with Crippen LogP contribution in [0.2, 0.25) is 0 Å². The van der Waals surface area contributed by atoms with Gasteiger partial charge < -0.3 is 14.4 Å². The summed E-state index contributed by atoms with van der Waals surface area (Å²) in [6, 6.07) is 0.632. The fourth-order valence-electron chi connectivity index (χ4n) is 1.69. The predicted molar refractivity (Wildman–Crippen MR) is 61.2 cm³/mol. The first-order chi connectivity index (χ1) is 7.11.